The summed E-state index contributed by atoms with van der Waals surface area (Å²) in [6.45, 7) is 0.946. The third kappa shape index (κ3) is 3.71. The van der Waals surface area contributed by atoms with Crippen molar-refractivity contribution in [2.75, 3.05) is 20.2 Å². The van der Waals surface area contributed by atoms with Crippen LogP contribution in [0.25, 0.3) is 0 Å². The second kappa shape index (κ2) is 5.56. The number of amides is 2. The molecule has 4 N–H and O–H groups in total. The van der Waals surface area contributed by atoms with Crippen molar-refractivity contribution >= 4 is 11.8 Å². The molecule has 6 heteroatoms. The van der Waals surface area contributed by atoms with Gasteiger partial charge in [0.2, 0.25) is 11.8 Å². The SMILES string of the molecule is CC(C(N)=O)C(=O)N(C)CC(O)CO. The molecule has 0 bridgehead atoms. The van der Waals surface area contributed by atoms with Gasteiger partial charge in [0.05, 0.1) is 12.7 Å². The fourth-order valence-corrected chi connectivity index (χ4v) is 0.916. The summed E-state index contributed by atoms with van der Waals surface area (Å²) >= 11 is 0. The average molecular weight is 204 g/mol. The van der Waals surface area contributed by atoms with Gasteiger partial charge in [0, 0.05) is 13.6 Å². The van der Waals surface area contributed by atoms with E-state index < -0.39 is 30.4 Å². The summed E-state index contributed by atoms with van der Waals surface area (Å²) in [7, 11) is 1.43. The molecule has 0 aromatic rings. The number of aliphatic hydroxyl groups excluding tert-OH is 2. The molecule has 2 atom stereocenters. The van der Waals surface area contributed by atoms with E-state index in [-0.39, 0.29) is 6.54 Å². The van der Waals surface area contributed by atoms with Crippen LogP contribution in [0.15, 0.2) is 0 Å². The van der Waals surface area contributed by atoms with Crippen LogP contribution in [-0.4, -0.2) is 53.2 Å². The lowest BCUT2D eigenvalue weighted by atomic mass is 10.1. The zero-order valence-electron chi connectivity index (χ0n) is 8.30. The van der Waals surface area contributed by atoms with Crippen LogP contribution in [0.3, 0.4) is 0 Å². The van der Waals surface area contributed by atoms with E-state index in [0.717, 1.165) is 4.90 Å². The lowest BCUT2D eigenvalue weighted by molar-refractivity contribution is -0.140. The van der Waals surface area contributed by atoms with E-state index in [1.54, 1.807) is 0 Å². The maximum absolute atomic E-state index is 11.4. The summed E-state index contributed by atoms with van der Waals surface area (Å²) in [4.78, 5) is 23.2. The highest BCUT2D eigenvalue weighted by Crippen LogP contribution is 2.00. The summed E-state index contributed by atoms with van der Waals surface area (Å²) in [6.07, 6.45) is -0.996. The predicted molar refractivity (Wildman–Crippen MR) is 49.1 cm³/mol. The van der Waals surface area contributed by atoms with Crippen molar-refractivity contribution < 1.29 is 19.8 Å². The van der Waals surface area contributed by atoms with Gasteiger partial charge in [-0.2, -0.15) is 0 Å². The maximum Gasteiger partial charge on any atom is 0.234 e. The minimum atomic E-state index is -0.996. The minimum Gasteiger partial charge on any atom is -0.394 e. The fourth-order valence-electron chi connectivity index (χ4n) is 0.916. The number of primary amides is 1. The average Bonchev–Trinajstić information content (AvgIpc) is 2.14. The van der Waals surface area contributed by atoms with Gasteiger partial charge in [0.25, 0.3) is 0 Å². The number of rotatable bonds is 5. The Balaban J connectivity index is 4.18. The Kier molecular flexibility index (Phi) is 5.11. The van der Waals surface area contributed by atoms with Gasteiger partial charge < -0.3 is 20.8 Å². The van der Waals surface area contributed by atoms with Crippen LogP contribution in [0.5, 0.6) is 0 Å². The van der Waals surface area contributed by atoms with Crippen LogP contribution < -0.4 is 5.73 Å². The number of carbonyl (C=O) groups excluding carboxylic acids is 2. The van der Waals surface area contributed by atoms with Gasteiger partial charge in [-0.1, -0.05) is 0 Å². The van der Waals surface area contributed by atoms with Crippen molar-refractivity contribution in [2.24, 2.45) is 11.7 Å². The quantitative estimate of drug-likeness (QED) is 0.447. The molecule has 14 heavy (non-hydrogen) atoms. The van der Waals surface area contributed by atoms with Gasteiger partial charge in [-0.15, -0.1) is 0 Å². The topological polar surface area (TPSA) is 104 Å². The molecule has 0 spiro atoms. The monoisotopic (exact) mass is 204 g/mol. The smallest absolute Gasteiger partial charge is 0.234 e. The molecule has 2 unspecified atom stereocenters. The Morgan fingerprint density at radius 1 is 1.50 bits per heavy atom. The standard InChI is InChI=1S/C8H16N2O4/c1-5(7(9)13)8(14)10(2)3-6(12)4-11/h5-6,11-12H,3-4H2,1-2H3,(H2,9,13). The van der Waals surface area contributed by atoms with Gasteiger partial charge in [-0.3, -0.25) is 9.59 Å². The molecule has 0 rings (SSSR count). The Morgan fingerprint density at radius 2 is 2.00 bits per heavy atom. The molecule has 0 fully saturated rings. The van der Waals surface area contributed by atoms with E-state index in [2.05, 4.69) is 0 Å². The van der Waals surface area contributed by atoms with Crippen LogP contribution in [0.2, 0.25) is 0 Å². The van der Waals surface area contributed by atoms with E-state index in [0.29, 0.717) is 0 Å². The summed E-state index contributed by atoms with van der Waals surface area (Å²) < 4.78 is 0. The van der Waals surface area contributed by atoms with Gasteiger partial charge >= 0.3 is 0 Å². The first-order chi connectivity index (χ1) is 6.40. The van der Waals surface area contributed by atoms with Crippen molar-refractivity contribution in [1.82, 2.24) is 4.90 Å². The summed E-state index contributed by atoms with van der Waals surface area (Å²) in [5.74, 6) is -2.09. The van der Waals surface area contributed by atoms with Crippen molar-refractivity contribution in [3.05, 3.63) is 0 Å². The molecule has 0 saturated carbocycles. The molecule has 0 aromatic carbocycles. The molecule has 0 aliphatic heterocycles. The van der Waals surface area contributed by atoms with Crippen LogP contribution in [0, 0.1) is 5.92 Å². The zero-order chi connectivity index (χ0) is 11.3. The van der Waals surface area contributed by atoms with Gasteiger partial charge in [-0.25, -0.2) is 0 Å². The molecule has 0 aliphatic rings. The van der Waals surface area contributed by atoms with Crippen molar-refractivity contribution in [3.63, 3.8) is 0 Å². The molecule has 0 aromatic heterocycles. The summed E-state index contributed by atoms with van der Waals surface area (Å²) in [5.41, 5.74) is 4.94. The van der Waals surface area contributed by atoms with Gasteiger partial charge in [-0.05, 0) is 6.92 Å². The number of hydrogen-bond acceptors (Lipinski definition) is 4. The van der Waals surface area contributed by atoms with Crippen LogP contribution >= 0.6 is 0 Å². The number of likely N-dealkylation sites (N-methyl/N-ethyl adjacent to an activating group) is 1. The Labute approximate surface area is 82.3 Å². The first-order valence-electron chi connectivity index (χ1n) is 4.23. The van der Waals surface area contributed by atoms with E-state index in [4.69, 9.17) is 15.9 Å². The Morgan fingerprint density at radius 3 is 2.36 bits per heavy atom. The number of nitrogens with zero attached hydrogens (tertiary/aromatic N) is 1. The number of nitrogens with two attached hydrogens (primary N) is 1. The third-order valence-electron chi connectivity index (χ3n) is 1.87. The summed E-state index contributed by atoms with van der Waals surface area (Å²) in [6, 6.07) is 0. The zero-order valence-corrected chi connectivity index (χ0v) is 8.30. The molecule has 6 nitrogen and oxygen atoms in total. The van der Waals surface area contributed by atoms with Crippen LogP contribution in [0.1, 0.15) is 6.92 Å². The highest BCUT2D eigenvalue weighted by atomic mass is 16.3. The predicted octanol–water partition coefficient (Wildman–Crippen LogP) is -2.08. The molecule has 82 valence electrons. The van der Waals surface area contributed by atoms with Crippen molar-refractivity contribution in [1.29, 1.82) is 0 Å². The lowest BCUT2D eigenvalue weighted by Gasteiger charge is -2.21. The molecule has 0 aliphatic carbocycles. The minimum absolute atomic E-state index is 0.0209. The molecule has 0 saturated heterocycles. The normalized spacial score (nSPS) is 14.6. The largest absolute Gasteiger partial charge is 0.394 e. The van der Waals surface area contributed by atoms with Crippen molar-refractivity contribution in [3.8, 4) is 0 Å². The highest BCUT2D eigenvalue weighted by Gasteiger charge is 2.23. The van der Waals surface area contributed by atoms with E-state index >= 15 is 0 Å². The number of aliphatic hydroxyl groups is 2. The molecule has 2 amide bonds. The molecular weight excluding hydrogens is 188 g/mol. The van der Waals surface area contributed by atoms with Gasteiger partial charge in [0.15, 0.2) is 0 Å². The highest BCUT2D eigenvalue weighted by molar-refractivity contribution is 5.98. The first-order valence-corrected chi connectivity index (χ1v) is 4.23. The Hall–Kier alpha value is -1.14. The second-order valence-corrected chi connectivity index (χ2v) is 3.18. The van der Waals surface area contributed by atoms with Crippen LogP contribution in [-0.2, 0) is 9.59 Å². The molecule has 0 heterocycles. The van der Waals surface area contributed by atoms with E-state index in [9.17, 15) is 9.59 Å². The maximum atomic E-state index is 11.4. The fraction of sp³-hybridized carbons (Fsp3) is 0.750. The Bertz CT molecular complexity index is 219. The first kappa shape index (κ1) is 12.9. The van der Waals surface area contributed by atoms with Crippen molar-refractivity contribution in [2.45, 2.75) is 13.0 Å². The molecule has 0 radical (unpaired) electrons. The van der Waals surface area contributed by atoms with Crippen LogP contribution in [0.4, 0.5) is 0 Å². The number of hydrogen-bond donors (Lipinski definition) is 3. The van der Waals surface area contributed by atoms with E-state index in [1.165, 1.54) is 14.0 Å². The van der Waals surface area contributed by atoms with E-state index in [1.807, 2.05) is 0 Å². The second-order valence-electron chi connectivity index (χ2n) is 3.18. The third-order valence-corrected chi connectivity index (χ3v) is 1.87. The number of carbonyl (C=O) groups is 2. The lowest BCUT2D eigenvalue weighted by Crippen LogP contribution is -2.42. The van der Waals surface area contributed by atoms with Gasteiger partial charge in [0.1, 0.15) is 5.92 Å². The summed E-state index contributed by atoms with van der Waals surface area (Å²) in [5, 5.41) is 17.6. The molecular formula is C8H16N2O4.